The molecule has 1 aliphatic heterocycles. The van der Waals surface area contributed by atoms with Gasteiger partial charge in [0.25, 0.3) is 5.91 Å². The predicted molar refractivity (Wildman–Crippen MR) is 101 cm³/mol. The van der Waals surface area contributed by atoms with Crippen molar-refractivity contribution >= 4 is 22.9 Å². The maximum Gasteiger partial charge on any atom is 0.422 e. The fourth-order valence-corrected chi connectivity index (χ4v) is 2.69. The van der Waals surface area contributed by atoms with Gasteiger partial charge in [-0.25, -0.2) is 9.78 Å². The number of alkyl carbamates (subject to hydrolysis) is 1. The van der Waals surface area contributed by atoms with Gasteiger partial charge < -0.3 is 24.3 Å². The van der Waals surface area contributed by atoms with Crippen LogP contribution in [-0.4, -0.2) is 64.4 Å². The molecule has 3 heterocycles. The Morgan fingerprint density at radius 2 is 2.07 bits per heavy atom. The summed E-state index contributed by atoms with van der Waals surface area (Å²) in [7, 11) is 0. The fraction of sp³-hybridized carbons (Fsp3) is 0.526. The van der Waals surface area contributed by atoms with E-state index in [1.165, 1.54) is 6.07 Å². The highest BCUT2D eigenvalue weighted by molar-refractivity contribution is 6.00. The Morgan fingerprint density at radius 3 is 2.73 bits per heavy atom. The molecule has 164 valence electrons. The molecule has 0 saturated carbocycles. The van der Waals surface area contributed by atoms with Crippen molar-refractivity contribution in [3.05, 3.63) is 24.0 Å². The number of nitrogens with one attached hydrogen (secondary N) is 1. The molecule has 0 aromatic carbocycles. The number of carbonyl (C=O) groups is 2. The monoisotopic (exact) mass is 432 g/mol. The van der Waals surface area contributed by atoms with E-state index >= 15 is 0 Å². The van der Waals surface area contributed by atoms with Crippen molar-refractivity contribution < 1.29 is 37.7 Å². The van der Waals surface area contributed by atoms with Crippen molar-refractivity contribution in [2.45, 2.75) is 39.0 Å². The lowest BCUT2D eigenvalue weighted by molar-refractivity contribution is -0.153. The van der Waals surface area contributed by atoms with Gasteiger partial charge in [-0.15, -0.1) is 0 Å². The zero-order valence-electron chi connectivity index (χ0n) is 20.5. The molecule has 0 spiro atoms. The number of nitrogens with zero attached hydrogens (tertiary/aromatic N) is 3. The molecule has 0 fully saturated rings. The number of ether oxygens (including phenoxy) is 2. The van der Waals surface area contributed by atoms with Gasteiger partial charge >= 0.3 is 12.3 Å². The Morgan fingerprint density at radius 1 is 1.33 bits per heavy atom. The van der Waals surface area contributed by atoms with Crippen LogP contribution in [0.4, 0.5) is 18.0 Å². The SMILES string of the molecule is [2H]C1([2H])N(CCNC(=O)OC(C)(C)C)C(=O)c2cc3c(OCC(F)(F)F)nccc3n2C1([2H])[2H]. The van der Waals surface area contributed by atoms with Crippen molar-refractivity contribution in [2.24, 2.45) is 0 Å². The molecule has 1 aliphatic rings. The number of fused-ring (bicyclic) bond motifs is 3. The minimum absolute atomic E-state index is 0.0593. The predicted octanol–water partition coefficient (Wildman–Crippen LogP) is 2.96. The summed E-state index contributed by atoms with van der Waals surface area (Å²) in [5.74, 6) is -1.40. The normalized spacial score (nSPS) is 19.9. The van der Waals surface area contributed by atoms with Crippen LogP contribution in [-0.2, 0) is 11.2 Å². The van der Waals surface area contributed by atoms with E-state index in [0.717, 1.165) is 16.8 Å². The first-order chi connectivity index (χ1) is 15.5. The van der Waals surface area contributed by atoms with Gasteiger partial charge in [0.2, 0.25) is 5.88 Å². The number of halogens is 3. The maximum atomic E-state index is 13.1. The number of carbonyl (C=O) groups excluding carboxylic acids is 2. The van der Waals surface area contributed by atoms with Crippen LogP contribution in [0.15, 0.2) is 18.3 Å². The first-order valence-corrected chi connectivity index (χ1v) is 8.95. The number of pyridine rings is 1. The number of amides is 2. The van der Waals surface area contributed by atoms with Crippen molar-refractivity contribution in [1.82, 2.24) is 19.8 Å². The highest BCUT2D eigenvalue weighted by atomic mass is 19.4. The standard InChI is InChI=1S/C19H23F3N4O4/c1-18(2,3)30-17(28)24-6-7-25-8-9-26-13-4-5-23-15(29-11-19(20,21)22)12(13)10-14(26)16(25)27/h4-5,10H,6-9,11H2,1-3H3,(H,24,28)/i8D2,9D2. The zero-order chi connectivity index (χ0) is 25.7. The summed E-state index contributed by atoms with van der Waals surface area (Å²) >= 11 is 0. The number of hydrogen-bond donors (Lipinski definition) is 1. The quantitative estimate of drug-likeness (QED) is 0.785. The molecule has 2 aromatic heterocycles. The van der Waals surface area contributed by atoms with E-state index in [9.17, 15) is 22.8 Å². The molecular formula is C19H23F3N4O4. The van der Waals surface area contributed by atoms with Crippen LogP contribution >= 0.6 is 0 Å². The van der Waals surface area contributed by atoms with Gasteiger partial charge in [0.1, 0.15) is 11.3 Å². The molecule has 11 heteroatoms. The fourth-order valence-electron chi connectivity index (χ4n) is 2.69. The van der Waals surface area contributed by atoms with E-state index in [2.05, 4.69) is 10.3 Å². The summed E-state index contributed by atoms with van der Waals surface area (Å²) in [6, 6.07) is 2.36. The molecule has 0 bridgehead atoms. The third kappa shape index (κ3) is 5.14. The average molecular weight is 432 g/mol. The Balaban J connectivity index is 1.94. The number of aryl methyl sites for hydroxylation is 1. The lowest BCUT2D eigenvalue weighted by Gasteiger charge is -2.29. The van der Waals surface area contributed by atoms with Gasteiger partial charge in [-0.2, -0.15) is 13.2 Å². The first kappa shape index (κ1) is 16.8. The van der Waals surface area contributed by atoms with Crippen LogP contribution in [0.5, 0.6) is 5.88 Å². The Labute approximate surface area is 176 Å². The molecule has 0 saturated heterocycles. The Hall–Kier alpha value is -2.98. The number of rotatable bonds is 5. The maximum absolute atomic E-state index is 13.1. The van der Waals surface area contributed by atoms with Crippen molar-refractivity contribution in [2.75, 3.05) is 26.2 Å². The topological polar surface area (TPSA) is 85.7 Å². The van der Waals surface area contributed by atoms with Gasteiger partial charge in [-0.05, 0) is 32.9 Å². The second kappa shape index (κ2) is 8.04. The van der Waals surface area contributed by atoms with Gasteiger partial charge in [-0.3, -0.25) is 4.79 Å². The van der Waals surface area contributed by atoms with Gasteiger partial charge in [0.05, 0.1) is 16.4 Å². The van der Waals surface area contributed by atoms with Crippen LogP contribution in [0.25, 0.3) is 10.9 Å². The van der Waals surface area contributed by atoms with Gasteiger partial charge in [0.15, 0.2) is 6.61 Å². The van der Waals surface area contributed by atoms with E-state index < -0.39 is 55.8 Å². The molecule has 2 amide bonds. The van der Waals surface area contributed by atoms with Gasteiger partial charge in [0, 0.05) is 32.3 Å². The average Bonchev–Trinajstić information content (AvgIpc) is 3.07. The molecule has 30 heavy (non-hydrogen) atoms. The molecule has 3 rings (SSSR count). The lowest BCUT2D eigenvalue weighted by atomic mass is 10.2. The summed E-state index contributed by atoms with van der Waals surface area (Å²) in [5, 5.41) is 2.30. The van der Waals surface area contributed by atoms with Crippen LogP contribution in [0.2, 0.25) is 0 Å². The minimum atomic E-state index is -4.65. The minimum Gasteiger partial charge on any atom is -0.468 e. The van der Waals surface area contributed by atoms with Crippen molar-refractivity contribution in [3.63, 3.8) is 0 Å². The summed E-state index contributed by atoms with van der Waals surface area (Å²) in [5.41, 5.74) is -1.15. The molecule has 0 aliphatic carbocycles. The molecule has 0 unspecified atom stereocenters. The molecular weight excluding hydrogens is 405 g/mol. The van der Waals surface area contributed by atoms with E-state index in [0.29, 0.717) is 4.90 Å². The lowest BCUT2D eigenvalue weighted by Crippen LogP contribution is -2.44. The second-order valence-corrected chi connectivity index (χ2v) is 7.43. The van der Waals surface area contributed by atoms with Crippen LogP contribution < -0.4 is 10.1 Å². The van der Waals surface area contributed by atoms with Crippen LogP contribution in [0, 0.1) is 0 Å². The smallest absolute Gasteiger partial charge is 0.422 e. The number of alkyl halides is 3. The largest absolute Gasteiger partial charge is 0.468 e. The third-order valence-electron chi connectivity index (χ3n) is 3.83. The molecule has 1 N–H and O–H groups in total. The molecule has 0 radical (unpaired) electrons. The summed E-state index contributed by atoms with van der Waals surface area (Å²) in [6.07, 6.45) is -4.37. The highest BCUT2D eigenvalue weighted by Gasteiger charge is 2.31. The summed E-state index contributed by atoms with van der Waals surface area (Å²) < 4.78 is 82.0. The number of hydrogen-bond acceptors (Lipinski definition) is 5. The Kier molecular flexibility index (Phi) is 4.49. The van der Waals surface area contributed by atoms with E-state index in [1.807, 2.05) is 0 Å². The van der Waals surface area contributed by atoms with Crippen LogP contribution in [0.3, 0.4) is 0 Å². The van der Waals surface area contributed by atoms with Crippen molar-refractivity contribution in [3.8, 4) is 5.88 Å². The molecule has 8 nitrogen and oxygen atoms in total. The van der Waals surface area contributed by atoms with Crippen molar-refractivity contribution in [1.29, 1.82) is 0 Å². The number of aromatic nitrogens is 2. The highest BCUT2D eigenvalue weighted by Crippen LogP contribution is 2.30. The molecule has 0 atom stereocenters. The van der Waals surface area contributed by atoms with E-state index in [1.54, 1.807) is 20.8 Å². The zero-order valence-corrected chi connectivity index (χ0v) is 16.5. The summed E-state index contributed by atoms with van der Waals surface area (Å²) in [6.45, 7) is -3.05. The van der Waals surface area contributed by atoms with E-state index in [4.69, 9.17) is 15.0 Å². The van der Waals surface area contributed by atoms with Gasteiger partial charge in [-0.1, -0.05) is 0 Å². The Bertz CT molecular complexity index is 1120. The molecule has 2 aromatic rings. The third-order valence-corrected chi connectivity index (χ3v) is 3.83. The van der Waals surface area contributed by atoms with E-state index in [-0.39, 0.29) is 23.1 Å². The van der Waals surface area contributed by atoms with Crippen LogP contribution in [0.1, 0.15) is 36.7 Å². The first-order valence-electron chi connectivity index (χ1n) is 10.9. The summed E-state index contributed by atoms with van der Waals surface area (Å²) in [4.78, 5) is 29.3. The second-order valence-electron chi connectivity index (χ2n) is 7.43.